The summed E-state index contributed by atoms with van der Waals surface area (Å²) in [6, 6.07) is 9.89. The van der Waals surface area contributed by atoms with Gasteiger partial charge in [0.05, 0.1) is 0 Å². The van der Waals surface area contributed by atoms with Crippen molar-refractivity contribution in [3.63, 3.8) is 0 Å². The molecule has 43 heavy (non-hydrogen) atoms. The molecule has 0 bridgehead atoms. The Kier molecular flexibility index (Phi) is 10.4. The summed E-state index contributed by atoms with van der Waals surface area (Å²) >= 11 is 6.45. The molecule has 11 nitrogen and oxygen atoms in total. The second-order valence-corrected chi connectivity index (χ2v) is 11.1. The minimum absolute atomic E-state index is 0.107. The minimum Gasteiger partial charge on any atom is -0.463 e. The van der Waals surface area contributed by atoms with Gasteiger partial charge in [-0.2, -0.15) is 0 Å². The summed E-state index contributed by atoms with van der Waals surface area (Å²) in [5.41, 5.74) is 2.10. The van der Waals surface area contributed by atoms with Crippen LogP contribution in [0.4, 0.5) is 5.69 Å². The number of hydrogen-bond acceptors (Lipinski definition) is 11. The van der Waals surface area contributed by atoms with E-state index in [4.69, 9.17) is 40.0 Å². The number of anilines is 1. The summed E-state index contributed by atoms with van der Waals surface area (Å²) in [5, 5.41) is 1.73. The number of halogens is 1. The number of carbonyl (C=O) groups is 4. The van der Waals surface area contributed by atoms with Crippen molar-refractivity contribution in [2.75, 3.05) is 23.9 Å². The van der Waals surface area contributed by atoms with Crippen LogP contribution in [0.2, 0.25) is 0 Å². The second kappa shape index (κ2) is 13.8. The van der Waals surface area contributed by atoms with Crippen LogP contribution in [0.1, 0.15) is 59.4 Å². The Labute approximate surface area is 255 Å². The molecule has 2 aromatic rings. The van der Waals surface area contributed by atoms with E-state index in [-0.39, 0.29) is 18.6 Å². The van der Waals surface area contributed by atoms with Crippen molar-refractivity contribution in [3.05, 3.63) is 35.9 Å². The molecular weight excluding hydrogens is 582 g/mol. The lowest BCUT2D eigenvalue weighted by Gasteiger charge is -2.44. The van der Waals surface area contributed by atoms with Gasteiger partial charge in [-0.1, -0.05) is 31.2 Å². The zero-order valence-corrected chi connectivity index (χ0v) is 25.9. The van der Waals surface area contributed by atoms with Crippen molar-refractivity contribution in [1.29, 1.82) is 0 Å². The predicted octanol–water partition coefficient (Wildman–Crippen LogP) is 4.24. The van der Waals surface area contributed by atoms with Gasteiger partial charge in [-0.05, 0) is 24.3 Å². The van der Waals surface area contributed by atoms with Gasteiger partial charge in [0.1, 0.15) is 18.5 Å². The highest BCUT2D eigenvalue weighted by atomic mass is 35.5. The van der Waals surface area contributed by atoms with Crippen LogP contribution in [-0.4, -0.2) is 79.7 Å². The lowest BCUT2D eigenvalue weighted by molar-refractivity contribution is -0.288. The van der Waals surface area contributed by atoms with Gasteiger partial charge in [-0.15, -0.1) is 11.6 Å². The molecule has 2 aliphatic heterocycles. The maximum Gasteiger partial charge on any atom is 0.303 e. The SMILES string of the molecule is CCC(C)N1C[C@@H](CCl)c2c1cc(O[C@@H]1O[C@H](COC(C)=O)[C@H](OC(C)=O)[C@H](OC(C)=O)[C@H]1OC(C)=O)c1ccccc21. The fraction of sp³-hybridized carbons (Fsp3) is 0.548. The number of rotatable bonds is 10. The molecule has 0 aromatic heterocycles. The van der Waals surface area contributed by atoms with Crippen LogP contribution in [0.25, 0.3) is 10.8 Å². The average molecular weight is 620 g/mol. The Morgan fingerprint density at radius 3 is 2.12 bits per heavy atom. The van der Waals surface area contributed by atoms with Gasteiger partial charge < -0.3 is 33.3 Å². The number of alkyl halides is 1. The molecule has 0 N–H and O–H groups in total. The van der Waals surface area contributed by atoms with E-state index in [9.17, 15) is 19.2 Å². The van der Waals surface area contributed by atoms with Crippen molar-refractivity contribution in [1.82, 2.24) is 0 Å². The van der Waals surface area contributed by atoms with E-state index in [0.717, 1.165) is 35.0 Å². The fourth-order valence-electron chi connectivity index (χ4n) is 5.71. The zero-order chi connectivity index (χ0) is 31.4. The van der Waals surface area contributed by atoms with E-state index in [1.807, 2.05) is 30.3 Å². The van der Waals surface area contributed by atoms with E-state index < -0.39 is 54.6 Å². The first-order valence-electron chi connectivity index (χ1n) is 14.3. The largest absolute Gasteiger partial charge is 0.463 e. The average Bonchev–Trinajstić information content (AvgIpc) is 3.32. The molecule has 2 aromatic carbocycles. The van der Waals surface area contributed by atoms with E-state index in [1.54, 1.807) is 0 Å². The third-order valence-corrected chi connectivity index (χ3v) is 8.03. The maximum atomic E-state index is 12.3. The number of esters is 4. The standard InChI is InChI=1S/C31H38ClNO10/c1-7-16(2)33-14-21(13-32)27-23-11-9-8-10-22(23)25(12-24(27)33)42-31-30(41-20(6)37)29(40-19(5)36)28(39-18(4)35)26(43-31)15-38-17(3)34/h8-12,16,21,26,28-31H,7,13-15H2,1-6H3/t16?,21-,26-,28+,29+,30-,31-/m1/s1. The van der Waals surface area contributed by atoms with E-state index in [2.05, 4.69) is 18.7 Å². The summed E-state index contributed by atoms with van der Waals surface area (Å²) in [6.07, 6.45) is -5.49. The first-order valence-corrected chi connectivity index (χ1v) is 14.8. The Balaban J connectivity index is 1.84. The molecule has 0 radical (unpaired) electrons. The molecule has 0 spiro atoms. The Morgan fingerprint density at radius 2 is 1.53 bits per heavy atom. The van der Waals surface area contributed by atoms with E-state index in [0.29, 0.717) is 11.6 Å². The van der Waals surface area contributed by atoms with Gasteiger partial charge in [0.15, 0.2) is 12.2 Å². The maximum absolute atomic E-state index is 12.3. The summed E-state index contributed by atoms with van der Waals surface area (Å²) in [5.74, 6) is -1.74. The van der Waals surface area contributed by atoms with Crippen molar-refractivity contribution >= 4 is 51.9 Å². The van der Waals surface area contributed by atoms with Crippen LogP contribution in [0, 0.1) is 0 Å². The molecule has 4 rings (SSSR count). The molecule has 1 fully saturated rings. The number of ether oxygens (including phenoxy) is 6. The molecule has 0 amide bonds. The van der Waals surface area contributed by atoms with Gasteiger partial charge in [-0.25, -0.2) is 0 Å². The van der Waals surface area contributed by atoms with Crippen molar-refractivity contribution in [2.45, 2.75) is 90.6 Å². The van der Waals surface area contributed by atoms with Gasteiger partial charge in [0.25, 0.3) is 0 Å². The lowest BCUT2D eigenvalue weighted by atomic mass is 9.95. The second-order valence-electron chi connectivity index (χ2n) is 10.8. The molecule has 1 unspecified atom stereocenters. The van der Waals surface area contributed by atoms with Gasteiger partial charge in [0, 0.05) is 69.2 Å². The van der Waals surface area contributed by atoms with Crippen LogP contribution < -0.4 is 9.64 Å². The smallest absolute Gasteiger partial charge is 0.303 e. The Bertz CT molecular complexity index is 1370. The number of benzene rings is 2. The van der Waals surface area contributed by atoms with E-state index in [1.165, 1.54) is 27.7 Å². The molecule has 0 aliphatic carbocycles. The number of nitrogens with zero attached hydrogens (tertiary/aromatic N) is 1. The van der Waals surface area contributed by atoms with Crippen LogP contribution in [0.15, 0.2) is 30.3 Å². The fourth-order valence-corrected chi connectivity index (χ4v) is 5.97. The third-order valence-electron chi connectivity index (χ3n) is 7.66. The van der Waals surface area contributed by atoms with Crippen molar-refractivity contribution in [3.8, 4) is 5.75 Å². The first-order chi connectivity index (χ1) is 20.4. The zero-order valence-electron chi connectivity index (χ0n) is 25.2. The predicted molar refractivity (Wildman–Crippen MR) is 157 cm³/mol. The minimum atomic E-state index is -1.34. The van der Waals surface area contributed by atoms with Crippen LogP contribution >= 0.6 is 11.6 Å². The molecule has 1 saturated heterocycles. The molecule has 7 atom stereocenters. The summed E-state index contributed by atoms with van der Waals surface area (Å²) < 4.78 is 34.5. The normalized spacial score (nSPS) is 25.4. The summed E-state index contributed by atoms with van der Waals surface area (Å²) in [7, 11) is 0. The number of fused-ring (bicyclic) bond motifs is 3. The first kappa shape index (κ1) is 32.3. The highest BCUT2D eigenvalue weighted by molar-refractivity contribution is 6.18. The lowest BCUT2D eigenvalue weighted by Crippen LogP contribution is -2.63. The molecule has 0 saturated carbocycles. The van der Waals surface area contributed by atoms with Gasteiger partial charge in [0.2, 0.25) is 12.4 Å². The summed E-state index contributed by atoms with van der Waals surface area (Å²) in [4.78, 5) is 50.6. The number of carbonyl (C=O) groups excluding carboxylic acids is 4. The van der Waals surface area contributed by atoms with Gasteiger partial charge in [-0.3, -0.25) is 19.2 Å². The third kappa shape index (κ3) is 7.15. The number of hydrogen-bond donors (Lipinski definition) is 0. The van der Waals surface area contributed by atoms with Crippen LogP contribution in [-0.2, 0) is 42.9 Å². The highest BCUT2D eigenvalue weighted by Gasteiger charge is 2.53. The molecule has 12 heteroatoms. The van der Waals surface area contributed by atoms with Crippen LogP contribution in [0.3, 0.4) is 0 Å². The Morgan fingerprint density at radius 1 is 0.930 bits per heavy atom. The topological polar surface area (TPSA) is 127 Å². The summed E-state index contributed by atoms with van der Waals surface area (Å²) in [6.45, 7) is 9.43. The molecule has 234 valence electrons. The van der Waals surface area contributed by atoms with Crippen LogP contribution in [0.5, 0.6) is 5.75 Å². The van der Waals surface area contributed by atoms with Crippen molar-refractivity contribution < 1.29 is 47.6 Å². The Hall–Kier alpha value is -3.57. The highest BCUT2D eigenvalue weighted by Crippen LogP contribution is 2.47. The molecule has 2 aliphatic rings. The molecular formula is C31H38ClNO10. The van der Waals surface area contributed by atoms with Gasteiger partial charge >= 0.3 is 23.9 Å². The monoisotopic (exact) mass is 619 g/mol. The van der Waals surface area contributed by atoms with E-state index >= 15 is 0 Å². The quantitative estimate of drug-likeness (QED) is 0.215. The van der Waals surface area contributed by atoms with Crippen molar-refractivity contribution in [2.24, 2.45) is 0 Å². The molecule has 2 heterocycles.